The summed E-state index contributed by atoms with van der Waals surface area (Å²) in [7, 11) is 0. The van der Waals surface area contributed by atoms with Gasteiger partial charge in [0, 0.05) is 0 Å². The molecule has 2 aromatic rings. The Balaban J connectivity index is 2.21. The molecule has 0 aliphatic carbocycles. The zero-order valence-corrected chi connectivity index (χ0v) is 12.2. The first-order valence-corrected chi connectivity index (χ1v) is 6.82. The van der Waals surface area contributed by atoms with Crippen LogP contribution in [-0.4, -0.2) is 5.91 Å². The molecule has 0 heterocycles. The summed E-state index contributed by atoms with van der Waals surface area (Å²) >= 11 is 0. The van der Waals surface area contributed by atoms with Gasteiger partial charge in [0.15, 0.2) is 0 Å². The molecule has 116 valence electrons. The van der Waals surface area contributed by atoms with Crippen LogP contribution >= 0.6 is 0 Å². The zero-order chi connectivity index (χ0) is 16.3. The molecule has 2 aromatic carbocycles. The maximum Gasteiger partial charge on any atom is 0.417 e. The van der Waals surface area contributed by atoms with Crippen LogP contribution in [0.2, 0.25) is 0 Å². The largest absolute Gasteiger partial charge is 0.417 e. The van der Waals surface area contributed by atoms with Crippen molar-refractivity contribution in [1.82, 2.24) is 5.32 Å². The highest BCUT2D eigenvalue weighted by molar-refractivity contribution is 5.96. The summed E-state index contributed by atoms with van der Waals surface area (Å²) in [6.45, 7) is 3.67. The molecule has 1 amide bonds. The number of rotatable bonds is 3. The minimum atomic E-state index is -4.55. The average Bonchev–Trinajstić information content (AvgIpc) is 2.47. The minimum Gasteiger partial charge on any atom is -0.346 e. The van der Waals surface area contributed by atoms with Crippen LogP contribution in [0.25, 0.3) is 0 Å². The van der Waals surface area contributed by atoms with E-state index in [1.807, 2.05) is 31.2 Å². The van der Waals surface area contributed by atoms with Crippen LogP contribution in [0.1, 0.15) is 40.0 Å². The third kappa shape index (κ3) is 3.67. The summed E-state index contributed by atoms with van der Waals surface area (Å²) in [4.78, 5) is 12.2. The van der Waals surface area contributed by atoms with E-state index in [2.05, 4.69) is 5.32 Å². The smallest absolute Gasteiger partial charge is 0.346 e. The predicted octanol–water partition coefficient (Wildman–Crippen LogP) is 4.50. The fraction of sp³-hybridized carbons (Fsp3) is 0.235. The van der Waals surface area contributed by atoms with E-state index in [0.29, 0.717) is 0 Å². The number of aryl methyl sites for hydroxylation is 1. The van der Waals surface area contributed by atoms with Crippen LogP contribution in [0.15, 0.2) is 48.5 Å². The number of benzene rings is 2. The Labute approximate surface area is 127 Å². The summed E-state index contributed by atoms with van der Waals surface area (Å²) in [6.07, 6.45) is -4.55. The minimum absolute atomic E-state index is 0.367. The van der Waals surface area contributed by atoms with Gasteiger partial charge in [-0.2, -0.15) is 13.2 Å². The molecule has 0 fully saturated rings. The topological polar surface area (TPSA) is 29.1 Å². The standard InChI is InChI=1S/C17H16F3NO/c1-11-7-9-13(10-8-11)12(2)21-16(22)14-5-3-4-6-15(14)17(18,19)20/h3-10,12H,1-2H3,(H,21,22). The van der Waals surface area contributed by atoms with Crippen molar-refractivity contribution in [2.45, 2.75) is 26.1 Å². The molecule has 0 aliphatic rings. The summed E-state index contributed by atoms with van der Waals surface area (Å²) in [5, 5.41) is 2.61. The average molecular weight is 307 g/mol. The van der Waals surface area contributed by atoms with Crippen molar-refractivity contribution in [2.24, 2.45) is 0 Å². The van der Waals surface area contributed by atoms with Gasteiger partial charge in [-0.25, -0.2) is 0 Å². The first-order chi connectivity index (χ1) is 10.3. The van der Waals surface area contributed by atoms with E-state index < -0.39 is 17.6 Å². The molecule has 1 unspecified atom stereocenters. The fourth-order valence-electron chi connectivity index (χ4n) is 2.14. The highest BCUT2D eigenvalue weighted by Crippen LogP contribution is 2.32. The molecule has 2 rings (SSSR count). The molecule has 0 aromatic heterocycles. The second-order valence-electron chi connectivity index (χ2n) is 5.15. The Morgan fingerprint density at radius 2 is 1.64 bits per heavy atom. The number of carbonyl (C=O) groups is 1. The van der Waals surface area contributed by atoms with Crippen LogP contribution in [-0.2, 0) is 6.18 Å². The number of hydrogen-bond donors (Lipinski definition) is 1. The molecule has 0 aliphatic heterocycles. The van der Waals surface area contributed by atoms with Crippen molar-refractivity contribution in [2.75, 3.05) is 0 Å². The number of amides is 1. The zero-order valence-electron chi connectivity index (χ0n) is 12.2. The summed E-state index contributed by atoms with van der Waals surface area (Å²) in [6, 6.07) is 11.9. The molecule has 0 spiro atoms. The van der Waals surface area contributed by atoms with E-state index >= 15 is 0 Å². The van der Waals surface area contributed by atoms with E-state index in [-0.39, 0.29) is 11.6 Å². The first-order valence-electron chi connectivity index (χ1n) is 6.82. The third-order valence-electron chi connectivity index (χ3n) is 3.40. The van der Waals surface area contributed by atoms with Gasteiger partial charge in [0.05, 0.1) is 17.2 Å². The van der Waals surface area contributed by atoms with Gasteiger partial charge in [0.25, 0.3) is 5.91 Å². The van der Waals surface area contributed by atoms with E-state index in [1.165, 1.54) is 18.2 Å². The lowest BCUT2D eigenvalue weighted by molar-refractivity contribution is -0.137. The molecular formula is C17H16F3NO. The monoisotopic (exact) mass is 307 g/mol. The molecule has 0 saturated heterocycles. The highest BCUT2D eigenvalue weighted by atomic mass is 19.4. The van der Waals surface area contributed by atoms with Gasteiger partial charge in [-0.3, -0.25) is 4.79 Å². The fourth-order valence-corrected chi connectivity index (χ4v) is 2.14. The van der Waals surface area contributed by atoms with E-state index in [9.17, 15) is 18.0 Å². The van der Waals surface area contributed by atoms with Gasteiger partial charge < -0.3 is 5.32 Å². The van der Waals surface area contributed by atoms with Crippen LogP contribution in [0.5, 0.6) is 0 Å². The van der Waals surface area contributed by atoms with Crippen molar-refractivity contribution in [3.05, 3.63) is 70.8 Å². The molecule has 0 saturated carbocycles. The maximum absolute atomic E-state index is 12.9. The van der Waals surface area contributed by atoms with Crippen molar-refractivity contribution in [1.29, 1.82) is 0 Å². The Hall–Kier alpha value is -2.30. The van der Waals surface area contributed by atoms with Gasteiger partial charge in [-0.1, -0.05) is 42.0 Å². The molecule has 5 heteroatoms. The number of nitrogens with one attached hydrogen (secondary N) is 1. The van der Waals surface area contributed by atoms with Crippen molar-refractivity contribution in [3.63, 3.8) is 0 Å². The number of carbonyl (C=O) groups excluding carboxylic acids is 1. The quantitative estimate of drug-likeness (QED) is 0.888. The molecular weight excluding hydrogens is 291 g/mol. The highest BCUT2D eigenvalue weighted by Gasteiger charge is 2.35. The molecule has 0 bridgehead atoms. The van der Waals surface area contributed by atoms with Crippen molar-refractivity contribution in [3.8, 4) is 0 Å². The molecule has 22 heavy (non-hydrogen) atoms. The maximum atomic E-state index is 12.9. The number of halogens is 3. The van der Waals surface area contributed by atoms with E-state index in [0.717, 1.165) is 17.2 Å². The number of alkyl halides is 3. The Morgan fingerprint density at radius 3 is 2.23 bits per heavy atom. The third-order valence-corrected chi connectivity index (χ3v) is 3.40. The Bertz CT molecular complexity index is 662. The van der Waals surface area contributed by atoms with Gasteiger partial charge >= 0.3 is 6.18 Å². The van der Waals surface area contributed by atoms with Crippen LogP contribution in [0, 0.1) is 6.92 Å². The van der Waals surface area contributed by atoms with Crippen molar-refractivity contribution < 1.29 is 18.0 Å². The summed E-state index contributed by atoms with van der Waals surface area (Å²) in [5.74, 6) is -0.735. The van der Waals surface area contributed by atoms with Gasteiger partial charge in [0.1, 0.15) is 0 Å². The lowest BCUT2D eigenvalue weighted by Gasteiger charge is -2.17. The van der Waals surface area contributed by atoms with E-state index in [4.69, 9.17) is 0 Å². The van der Waals surface area contributed by atoms with Gasteiger partial charge in [-0.05, 0) is 31.5 Å². The predicted molar refractivity (Wildman–Crippen MR) is 78.5 cm³/mol. The summed E-state index contributed by atoms with van der Waals surface area (Å²) < 4.78 is 38.8. The lowest BCUT2D eigenvalue weighted by Crippen LogP contribution is -2.28. The van der Waals surface area contributed by atoms with Crippen LogP contribution < -0.4 is 5.32 Å². The first kappa shape index (κ1) is 16.1. The van der Waals surface area contributed by atoms with Gasteiger partial charge in [-0.15, -0.1) is 0 Å². The molecule has 1 N–H and O–H groups in total. The van der Waals surface area contributed by atoms with E-state index in [1.54, 1.807) is 6.92 Å². The normalized spacial score (nSPS) is 12.8. The Morgan fingerprint density at radius 1 is 1.05 bits per heavy atom. The number of hydrogen-bond acceptors (Lipinski definition) is 1. The molecule has 1 atom stereocenters. The second-order valence-corrected chi connectivity index (χ2v) is 5.15. The molecule has 0 radical (unpaired) electrons. The SMILES string of the molecule is Cc1ccc(C(C)NC(=O)c2ccccc2C(F)(F)F)cc1. The Kier molecular flexibility index (Phi) is 4.54. The van der Waals surface area contributed by atoms with Crippen molar-refractivity contribution >= 4 is 5.91 Å². The van der Waals surface area contributed by atoms with Crippen LogP contribution in [0.4, 0.5) is 13.2 Å². The summed E-state index contributed by atoms with van der Waals surface area (Å²) in [5.41, 5.74) is 0.616. The second kappa shape index (κ2) is 6.22. The lowest BCUT2D eigenvalue weighted by atomic mass is 10.0. The van der Waals surface area contributed by atoms with Gasteiger partial charge in [0.2, 0.25) is 0 Å². The molecule has 2 nitrogen and oxygen atoms in total. The van der Waals surface area contributed by atoms with Crippen LogP contribution in [0.3, 0.4) is 0 Å².